The van der Waals surface area contributed by atoms with Gasteiger partial charge < -0.3 is 10.5 Å². The van der Waals surface area contributed by atoms with Gasteiger partial charge in [-0.15, -0.1) is 12.4 Å². The second-order valence-electron chi connectivity index (χ2n) is 5.71. The molecule has 1 aliphatic heterocycles. The fourth-order valence-corrected chi connectivity index (χ4v) is 4.53. The van der Waals surface area contributed by atoms with E-state index >= 15 is 0 Å². The molecule has 0 spiro atoms. The van der Waals surface area contributed by atoms with Gasteiger partial charge in [-0.2, -0.15) is 4.31 Å². The summed E-state index contributed by atoms with van der Waals surface area (Å²) in [5, 5.41) is 0. The minimum absolute atomic E-state index is 0. The van der Waals surface area contributed by atoms with E-state index in [0.717, 1.165) is 19.3 Å². The second-order valence-corrected chi connectivity index (χ2v) is 7.60. The van der Waals surface area contributed by atoms with Crippen LogP contribution in [0.4, 0.5) is 8.78 Å². The van der Waals surface area contributed by atoms with E-state index in [1.54, 1.807) is 6.92 Å². The van der Waals surface area contributed by atoms with E-state index in [2.05, 4.69) is 0 Å². The van der Waals surface area contributed by atoms with Gasteiger partial charge in [0.1, 0.15) is 12.4 Å². The average molecular weight is 385 g/mol. The molecule has 1 fully saturated rings. The molecule has 0 aromatic heterocycles. The van der Waals surface area contributed by atoms with Gasteiger partial charge in [0.15, 0.2) is 0 Å². The van der Waals surface area contributed by atoms with E-state index in [0.29, 0.717) is 6.54 Å². The Balaban J connectivity index is 0.00000288. The predicted octanol–water partition coefficient (Wildman–Crippen LogP) is 2.64. The first-order valence-electron chi connectivity index (χ1n) is 7.61. The molecule has 2 unspecified atom stereocenters. The molecule has 0 bridgehead atoms. The molecule has 1 aromatic rings. The fourth-order valence-electron chi connectivity index (χ4n) is 2.76. The average Bonchev–Trinajstić information content (AvgIpc) is 2.53. The van der Waals surface area contributed by atoms with Gasteiger partial charge in [0.05, 0.1) is 4.90 Å². The van der Waals surface area contributed by atoms with Crippen molar-refractivity contribution in [2.24, 2.45) is 5.73 Å². The molecule has 24 heavy (non-hydrogen) atoms. The van der Waals surface area contributed by atoms with E-state index in [-0.39, 0.29) is 35.1 Å². The Labute approximate surface area is 147 Å². The summed E-state index contributed by atoms with van der Waals surface area (Å²) >= 11 is 0. The third kappa shape index (κ3) is 5.02. The van der Waals surface area contributed by atoms with E-state index in [1.807, 2.05) is 0 Å². The number of hydrogen-bond donors (Lipinski definition) is 1. The molecule has 0 saturated carbocycles. The van der Waals surface area contributed by atoms with Gasteiger partial charge in [0.2, 0.25) is 10.0 Å². The maximum atomic E-state index is 12.8. The quantitative estimate of drug-likeness (QED) is 0.818. The first kappa shape index (κ1) is 21.1. The molecule has 138 valence electrons. The van der Waals surface area contributed by atoms with Gasteiger partial charge in [-0.1, -0.05) is 6.42 Å². The minimum Gasteiger partial charge on any atom is -0.488 e. The first-order valence-corrected chi connectivity index (χ1v) is 9.05. The van der Waals surface area contributed by atoms with Crippen molar-refractivity contribution >= 4 is 22.4 Å². The number of halogens is 3. The van der Waals surface area contributed by atoms with Crippen LogP contribution in [0.3, 0.4) is 0 Å². The summed E-state index contributed by atoms with van der Waals surface area (Å²) in [7, 11) is -3.65. The predicted molar refractivity (Wildman–Crippen MR) is 90.4 cm³/mol. The summed E-state index contributed by atoms with van der Waals surface area (Å²) in [4.78, 5) is 0.120. The van der Waals surface area contributed by atoms with Crippen molar-refractivity contribution < 1.29 is 21.9 Å². The number of sulfonamides is 1. The Hall–Kier alpha value is -0.960. The molecule has 0 aliphatic carbocycles. The third-order valence-corrected chi connectivity index (χ3v) is 5.85. The normalized spacial score (nSPS) is 20.5. The summed E-state index contributed by atoms with van der Waals surface area (Å²) in [5.74, 6) is 0.214. The monoisotopic (exact) mass is 384 g/mol. The van der Waals surface area contributed by atoms with Gasteiger partial charge in [-0.05, 0) is 44.0 Å². The second kappa shape index (κ2) is 8.94. The van der Waals surface area contributed by atoms with Crippen LogP contribution >= 0.6 is 12.4 Å². The Bertz CT molecular complexity index is 612. The van der Waals surface area contributed by atoms with Crippen LogP contribution in [-0.4, -0.2) is 44.4 Å². The van der Waals surface area contributed by atoms with Gasteiger partial charge in [0, 0.05) is 18.6 Å². The zero-order chi connectivity index (χ0) is 17.0. The summed E-state index contributed by atoms with van der Waals surface area (Å²) < 4.78 is 56.1. The molecule has 1 heterocycles. The third-order valence-electron chi connectivity index (χ3n) is 3.91. The van der Waals surface area contributed by atoms with Crippen LogP contribution in [0.1, 0.15) is 26.2 Å². The van der Waals surface area contributed by atoms with Crippen LogP contribution in [0.2, 0.25) is 0 Å². The van der Waals surface area contributed by atoms with Crippen LogP contribution in [0.5, 0.6) is 5.75 Å². The Morgan fingerprint density at radius 1 is 1.29 bits per heavy atom. The summed E-state index contributed by atoms with van der Waals surface area (Å²) in [5.41, 5.74) is 5.93. The summed E-state index contributed by atoms with van der Waals surface area (Å²) in [6.07, 6.45) is -0.0677. The molecular weight excluding hydrogens is 362 g/mol. The lowest BCUT2D eigenvalue weighted by Gasteiger charge is -2.36. The zero-order valence-corrected chi connectivity index (χ0v) is 15.0. The Morgan fingerprint density at radius 3 is 2.46 bits per heavy atom. The molecule has 2 N–H and O–H groups in total. The van der Waals surface area contributed by atoms with Crippen molar-refractivity contribution in [3.63, 3.8) is 0 Å². The topological polar surface area (TPSA) is 72.6 Å². The zero-order valence-electron chi connectivity index (χ0n) is 13.4. The lowest BCUT2D eigenvalue weighted by Crippen LogP contribution is -2.51. The molecule has 9 heteroatoms. The molecule has 1 aliphatic rings. The highest BCUT2D eigenvalue weighted by molar-refractivity contribution is 7.89. The smallest absolute Gasteiger partial charge is 0.272 e. The fraction of sp³-hybridized carbons (Fsp3) is 0.600. The van der Waals surface area contributed by atoms with Gasteiger partial charge >= 0.3 is 0 Å². The van der Waals surface area contributed by atoms with E-state index in [1.165, 1.54) is 28.6 Å². The molecule has 2 rings (SSSR count). The number of benzene rings is 1. The summed E-state index contributed by atoms with van der Waals surface area (Å²) in [6, 6.07) is 5.06. The number of nitrogens with two attached hydrogens (primary N) is 1. The van der Waals surface area contributed by atoms with E-state index in [9.17, 15) is 17.2 Å². The highest BCUT2D eigenvalue weighted by Gasteiger charge is 2.35. The summed E-state index contributed by atoms with van der Waals surface area (Å²) in [6.45, 7) is 1.53. The molecule has 2 atom stereocenters. The van der Waals surface area contributed by atoms with Gasteiger partial charge in [-0.3, -0.25) is 0 Å². The van der Waals surface area contributed by atoms with Crippen LogP contribution < -0.4 is 10.5 Å². The number of hydrogen-bond acceptors (Lipinski definition) is 4. The number of alkyl halides is 2. The van der Waals surface area contributed by atoms with Gasteiger partial charge in [-0.25, -0.2) is 17.2 Å². The molecular formula is C15H23ClF2N2O3S. The van der Waals surface area contributed by atoms with Crippen molar-refractivity contribution in [3.05, 3.63) is 24.3 Å². The van der Waals surface area contributed by atoms with Gasteiger partial charge in [0.25, 0.3) is 6.43 Å². The molecule has 1 saturated heterocycles. The SMILES string of the molecule is CC(N)C1CCCCN1S(=O)(=O)c1ccc(OCC(F)F)cc1.Cl. The lowest BCUT2D eigenvalue weighted by atomic mass is 10.00. The highest BCUT2D eigenvalue weighted by atomic mass is 35.5. The number of rotatable bonds is 6. The van der Waals surface area contributed by atoms with E-state index in [4.69, 9.17) is 10.5 Å². The first-order chi connectivity index (χ1) is 10.8. The van der Waals surface area contributed by atoms with Crippen molar-refractivity contribution in [3.8, 4) is 5.75 Å². The molecule has 0 amide bonds. The van der Waals surface area contributed by atoms with Crippen molar-refractivity contribution in [1.29, 1.82) is 0 Å². The van der Waals surface area contributed by atoms with Crippen LogP contribution in [-0.2, 0) is 10.0 Å². The Kier molecular flexibility index (Phi) is 7.85. The Morgan fingerprint density at radius 2 is 1.92 bits per heavy atom. The lowest BCUT2D eigenvalue weighted by molar-refractivity contribution is 0.0819. The molecule has 0 radical (unpaired) electrons. The van der Waals surface area contributed by atoms with Crippen molar-refractivity contribution in [1.82, 2.24) is 4.31 Å². The maximum absolute atomic E-state index is 12.8. The van der Waals surface area contributed by atoms with Crippen LogP contribution in [0.15, 0.2) is 29.2 Å². The number of ether oxygens (including phenoxy) is 1. The van der Waals surface area contributed by atoms with E-state index < -0.39 is 23.1 Å². The number of nitrogens with zero attached hydrogens (tertiary/aromatic N) is 1. The maximum Gasteiger partial charge on any atom is 0.272 e. The highest BCUT2D eigenvalue weighted by Crippen LogP contribution is 2.27. The van der Waals surface area contributed by atoms with Crippen molar-refractivity contribution in [2.45, 2.75) is 49.6 Å². The van der Waals surface area contributed by atoms with Crippen molar-refractivity contribution in [2.75, 3.05) is 13.2 Å². The standard InChI is InChI=1S/C15H22F2N2O3S.ClH/c1-11(18)14-4-2-3-9-19(14)23(20,21)13-7-5-12(6-8-13)22-10-15(16)17;/h5-8,11,14-15H,2-4,9-10,18H2,1H3;1H. The molecule has 5 nitrogen and oxygen atoms in total. The van der Waals surface area contributed by atoms with Crippen LogP contribution in [0.25, 0.3) is 0 Å². The van der Waals surface area contributed by atoms with Crippen LogP contribution in [0, 0.1) is 0 Å². The largest absolute Gasteiger partial charge is 0.488 e. The minimum atomic E-state index is -3.65. The number of piperidine rings is 1. The molecule has 1 aromatic carbocycles.